The summed E-state index contributed by atoms with van der Waals surface area (Å²) in [5, 5.41) is 0. The average Bonchev–Trinajstić information content (AvgIpc) is 2.50. The summed E-state index contributed by atoms with van der Waals surface area (Å²) in [5.74, 6) is 0.566. The van der Waals surface area contributed by atoms with Crippen molar-refractivity contribution in [1.82, 2.24) is 0 Å². The van der Waals surface area contributed by atoms with Crippen LogP contribution < -0.4 is 5.73 Å². The molecule has 0 aromatic heterocycles. The van der Waals surface area contributed by atoms with Crippen LogP contribution in [0.5, 0.6) is 0 Å². The molecule has 3 nitrogen and oxygen atoms in total. The van der Waals surface area contributed by atoms with Gasteiger partial charge in [-0.2, -0.15) is 0 Å². The summed E-state index contributed by atoms with van der Waals surface area (Å²) in [7, 11) is 0. The Labute approximate surface area is 127 Å². The van der Waals surface area contributed by atoms with E-state index >= 15 is 0 Å². The highest BCUT2D eigenvalue weighted by Crippen LogP contribution is 2.38. The number of benzene rings is 1. The molecule has 0 amide bonds. The van der Waals surface area contributed by atoms with E-state index < -0.39 is 0 Å². The summed E-state index contributed by atoms with van der Waals surface area (Å²) in [6, 6.07) is 8.81. The molecule has 2 aliphatic heterocycles. The van der Waals surface area contributed by atoms with Gasteiger partial charge in [0.2, 0.25) is 0 Å². The molecular formula is C18H27NO2. The van der Waals surface area contributed by atoms with Crippen LogP contribution in [-0.4, -0.2) is 31.5 Å². The highest BCUT2D eigenvalue weighted by Gasteiger charge is 2.40. The predicted molar refractivity (Wildman–Crippen MR) is 84.3 cm³/mol. The number of rotatable bonds is 3. The van der Waals surface area contributed by atoms with Gasteiger partial charge in [0.15, 0.2) is 0 Å². The first-order valence-corrected chi connectivity index (χ1v) is 8.20. The fourth-order valence-corrected chi connectivity index (χ4v) is 3.78. The third-order valence-electron chi connectivity index (χ3n) is 5.26. The summed E-state index contributed by atoms with van der Waals surface area (Å²) in [5.41, 5.74) is 9.33. The lowest BCUT2D eigenvalue weighted by atomic mass is 9.76. The van der Waals surface area contributed by atoms with Crippen molar-refractivity contribution < 1.29 is 9.47 Å². The van der Waals surface area contributed by atoms with E-state index in [2.05, 4.69) is 31.2 Å². The topological polar surface area (TPSA) is 44.5 Å². The van der Waals surface area contributed by atoms with Crippen LogP contribution in [0.3, 0.4) is 0 Å². The molecule has 2 heterocycles. The standard InChI is InChI=1S/C18H27NO2/c1-14-4-2-3-5-15(14)12-17(19)16-6-9-21-18(13-16)7-10-20-11-8-18/h2-5,16-17H,6-13,19H2,1H3. The van der Waals surface area contributed by atoms with Crippen molar-refractivity contribution in [3.63, 3.8) is 0 Å². The minimum absolute atomic E-state index is 0.0461. The van der Waals surface area contributed by atoms with Crippen molar-refractivity contribution in [2.75, 3.05) is 19.8 Å². The Morgan fingerprint density at radius 1 is 1.24 bits per heavy atom. The molecule has 1 spiro atoms. The Bertz CT molecular complexity index is 463. The third-order valence-corrected chi connectivity index (χ3v) is 5.26. The van der Waals surface area contributed by atoms with E-state index in [0.29, 0.717) is 5.92 Å². The first kappa shape index (κ1) is 15.0. The molecule has 2 fully saturated rings. The lowest BCUT2D eigenvalue weighted by Gasteiger charge is -2.44. The van der Waals surface area contributed by atoms with Crippen molar-refractivity contribution in [1.29, 1.82) is 0 Å². The highest BCUT2D eigenvalue weighted by molar-refractivity contribution is 5.26. The Morgan fingerprint density at radius 2 is 2.00 bits per heavy atom. The molecule has 0 radical (unpaired) electrons. The molecule has 2 N–H and O–H groups in total. The number of ether oxygens (including phenoxy) is 2. The van der Waals surface area contributed by atoms with Crippen molar-refractivity contribution in [3.05, 3.63) is 35.4 Å². The lowest BCUT2D eigenvalue weighted by Crippen LogP contribution is -2.48. The largest absolute Gasteiger partial charge is 0.381 e. The molecule has 2 atom stereocenters. The first-order valence-electron chi connectivity index (χ1n) is 8.20. The smallest absolute Gasteiger partial charge is 0.0729 e. The molecule has 1 aromatic rings. The van der Waals surface area contributed by atoms with Gasteiger partial charge in [0.05, 0.1) is 5.60 Å². The number of hydrogen-bond donors (Lipinski definition) is 1. The Balaban J connectivity index is 1.64. The molecule has 3 heteroatoms. The van der Waals surface area contributed by atoms with Gasteiger partial charge in [-0.25, -0.2) is 0 Å². The third kappa shape index (κ3) is 3.47. The van der Waals surface area contributed by atoms with Crippen molar-refractivity contribution >= 4 is 0 Å². The minimum atomic E-state index is 0.0461. The number of aryl methyl sites for hydroxylation is 1. The second-order valence-electron chi connectivity index (χ2n) is 6.69. The fourth-order valence-electron chi connectivity index (χ4n) is 3.78. The second-order valence-corrected chi connectivity index (χ2v) is 6.69. The fraction of sp³-hybridized carbons (Fsp3) is 0.667. The van der Waals surface area contributed by atoms with Crippen molar-refractivity contribution in [2.24, 2.45) is 11.7 Å². The maximum absolute atomic E-state index is 6.55. The van der Waals surface area contributed by atoms with Gasteiger partial charge >= 0.3 is 0 Å². The number of nitrogens with two attached hydrogens (primary N) is 1. The molecule has 21 heavy (non-hydrogen) atoms. The van der Waals surface area contributed by atoms with Gasteiger partial charge in [-0.3, -0.25) is 0 Å². The maximum atomic E-state index is 6.55. The summed E-state index contributed by atoms with van der Waals surface area (Å²) >= 11 is 0. The molecule has 3 rings (SSSR count). The molecule has 0 aliphatic carbocycles. The van der Waals surface area contributed by atoms with E-state index in [4.69, 9.17) is 15.2 Å². The van der Waals surface area contributed by atoms with Crippen molar-refractivity contribution in [3.8, 4) is 0 Å². The van der Waals surface area contributed by atoms with Gasteiger partial charge < -0.3 is 15.2 Å². The van der Waals surface area contributed by atoms with Gasteiger partial charge in [-0.15, -0.1) is 0 Å². The van der Waals surface area contributed by atoms with Gasteiger partial charge in [0.1, 0.15) is 0 Å². The van der Waals surface area contributed by atoms with E-state index in [1.165, 1.54) is 11.1 Å². The van der Waals surface area contributed by atoms with Gasteiger partial charge in [0.25, 0.3) is 0 Å². The SMILES string of the molecule is Cc1ccccc1CC(N)C1CCOC2(CCOCC2)C1. The van der Waals surface area contributed by atoms with E-state index in [0.717, 1.165) is 51.9 Å². The van der Waals surface area contributed by atoms with Gasteiger partial charge in [-0.1, -0.05) is 24.3 Å². The van der Waals surface area contributed by atoms with E-state index in [1.807, 2.05) is 0 Å². The summed E-state index contributed by atoms with van der Waals surface area (Å²) in [6.07, 6.45) is 5.23. The zero-order valence-corrected chi connectivity index (χ0v) is 13.0. The van der Waals surface area contributed by atoms with E-state index in [1.54, 1.807) is 0 Å². The predicted octanol–water partition coefficient (Wildman–Crippen LogP) is 2.84. The Kier molecular flexibility index (Phi) is 4.63. The van der Waals surface area contributed by atoms with Crippen LogP contribution in [0.1, 0.15) is 36.8 Å². The van der Waals surface area contributed by atoms with Crippen LogP contribution >= 0.6 is 0 Å². The van der Waals surface area contributed by atoms with E-state index in [-0.39, 0.29) is 11.6 Å². The van der Waals surface area contributed by atoms with Crippen LogP contribution in [0.2, 0.25) is 0 Å². The highest BCUT2D eigenvalue weighted by atomic mass is 16.5. The molecule has 0 saturated carbocycles. The molecule has 116 valence electrons. The second kappa shape index (κ2) is 6.47. The van der Waals surface area contributed by atoms with Crippen LogP contribution in [0.25, 0.3) is 0 Å². The zero-order chi connectivity index (χ0) is 14.7. The quantitative estimate of drug-likeness (QED) is 0.930. The van der Waals surface area contributed by atoms with Crippen LogP contribution in [-0.2, 0) is 15.9 Å². The maximum Gasteiger partial charge on any atom is 0.0729 e. The van der Waals surface area contributed by atoms with Crippen LogP contribution in [0.15, 0.2) is 24.3 Å². The Hall–Kier alpha value is -0.900. The normalized spacial score (nSPS) is 26.7. The summed E-state index contributed by atoms with van der Waals surface area (Å²) in [4.78, 5) is 0. The average molecular weight is 289 g/mol. The Morgan fingerprint density at radius 3 is 2.76 bits per heavy atom. The van der Waals surface area contributed by atoms with Gasteiger partial charge in [-0.05, 0) is 56.1 Å². The van der Waals surface area contributed by atoms with Crippen LogP contribution in [0.4, 0.5) is 0 Å². The summed E-state index contributed by atoms with van der Waals surface area (Å²) in [6.45, 7) is 4.69. The van der Waals surface area contributed by atoms with Crippen molar-refractivity contribution in [2.45, 2.75) is 50.7 Å². The first-order chi connectivity index (χ1) is 10.2. The van der Waals surface area contributed by atoms with E-state index in [9.17, 15) is 0 Å². The molecule has 1 aromatic carbocycles. The summed E-state index contributed by atoms with van der Waals surface area (Å²) < 4.78 is 11.6. The zero-order valence-electron chi connectivity index (χ0n) is 13.0. The van der Waals surface area contributed by atoms with Gasteiger partial charge in [0, 0.05) is 25.9 Å². The lowest BCUT2D eigenvalue weighted by molar-refractivity contribution is -0.149. The number of hydrogen-bond acceptors (Lipinski definition) is 3. The molecule has 2 saturated heterocycles. The minimum Gasteiger partial charge on any atom is -0.381 e. The van der Waals surface area contributed by atoms with Crippen LogP contribution in [0, 0.1) is 12.8 Å². The molecule has 2 unspecified atom stereocenters. The molecule has 2 aliphatic rings. The molecule has 0 bridgehead atoms. The molecular weight excluding hydrogens is 262 g/mol. The monoisotopic (exact) mass is 289 g/mol.